The van der Waals surface area contributed by atoms with Crippen molar-refractivity contribution < 1.29 is 4.79 Å². The number of carbonyl (C=O) groups excluding carboxylic acids is 1. The zero-order valence-electron chi connectivity index (χ0n) is 12.8. The maximum atomic E-state index is 12.8. The molecule has 2 fully saturated rings. The van der Waals surface area contributed by atoms with Crippen LogP contribution in [0.2, 0.25) is 5.02 Å². The molecule has 0 radical (unpaired) electrons. The third-order valence-electron chi connectivity index (χ3n) is 4.98. The van der Waals surface area contributed by atoms with E-state index in [1.165, 1.54) is 0 Å². The average Bonchev–Trinajstić information content (AvgIpc) is 2.93. The molecule has 3 rings (SSSR count). The fourth-order valence-corrected chi connectivity index (χ4v) is 3.95. The molecular formula is C17H24ClN3O. The molecular weight excluding hydrogens is 298 g/mol. The topological polar surface area (TPSA) is 58.4 Å². The van der Waals surface area contributed by atoms with Gasteiger partial charge in [-0.05, 0) is 30.4 Å². The van der Waals surface area contributed by atoms with Gasteiger partial charge in [-0.15, -0.1) is 0 Å². The fraction of sp³-hybridized carbons (Fsp3) is 0.588. The molecule has 1 unspecified atom stereocenters. The summed E-state index contributed by atoms with van der Waals surface area (Å²) in [4.78, 5) is 14.8. The van der Waals surface area contributed by atoms with Gasteiger partial charge in [0.1, 0.15) is 0 Å². The Morgan fingerprint density at radius 3 is 2.91 bits per heavy atom. The number of amides is 1. The Bertz CT molecular complexity index is 536. The van der Waals surface area contributed by atoms with Gasteiger partial charge < -0.3 is 16.0 Å². The van der Waals surface area contributed by atoms with Gasteiger partial charge in [-0.2, -0.15) is 0 Å². The van der Waals surface area contributed by atoms with Crippen LogP contribution >= 0.6 is 11.6 Å². The zero-order chi connectivity index (χ0) is 15.5. The van der Waals surface area contributed by atoms with Gasteiger partial charge >= 0.3 is 0 Å². The molecule has 1 amide bonds. The van der Waals surface area contributed by atoms with E-state index in [-0.39, 0.29) is 18.0 Å². The zero-order valence-corrected chi connectivity index (χ0v) is 13.6. The molecule has 1 aliphatic carbocycles. The van der Waals surface area contributed by atoms with E-state index in [0.29, 0.717) is 12.3 Å². The monoisotopic (exact) mass is 321 g/mol. The molecule has 0 aromatic heterocycles. The van der Waals surface area contributed by atoms with Gasteiger partial charge in [0, 0.05) is 37.1 Å². The number of piperazine rings is 1. The number of hydrogen-bond acceptors (Lipinski definition) is 3. The standard InChI is InChI=1S/C17H24ClN3O/c18-14-6-2-1-5-13(14)16-11-20-8-9-21(16)17(22)10-12-4-3-7-15(12)19/h1-2,5-6,12,15-16,20H,3-4,7-11,19H2/t12-,15+,16?/m0/s1. The Morgan fingerprint density at radius 1 is 1.36 bits per heavy atom. The van der Waals surface area contributed by atoms with E-state index >= 15 is 0 Å². The van der Waals surface area contributed by atoms with Gasteiger partial charge in [-0.1, -0.05) is 36.2 Å². The third kappa shape index (κ3) is 3.29. The maximum Gasteiger partial charge on any atom is 0.223 e. The van der Waals surface area contributed by atoms with Crippen LogP contribution in [-0.2, 0) is 4.79 Å². The number of nitrogens with two attached hydrogens (primary N) is 1. The lowest BCUT2D eigenvalue weighted by molar-refractivity contribution is -0.135. The van der Waals surface area contributed by atoms with Crippen molar-refractivity contribution in [2.24, 2.45) is 11.7 Å². The summed E-state index contributed by atoms with van der Waals surface area (Å²) in [5, 5.41) is 4.10. The lowest BCUT2D eigenvalue weighted by atomic mass is 9.97. The average molecular weight is 322 g/mol. The highest BCUT2D eigenvalue weighted by Gasteiger charge is 2.33. The SMILES string of the molecule is N[C@@H]1CCC[C@H]1CC(=O)N1CCNCC1c1ccccc1Cl. The summed E-state index contributed by atoms with van der Waals surface area (Å²) in [7, 11) is 0. The fourth-order valence-electron chi connectivity index (χ4n) is 3.69. The summed E-state index contributed by atoms with van der Waals surface area (Å²) < 4.78 is 0. The quantitative estimate of drug-likeness (QED) is 0.898. The third-order valence-corrected chi connectivity index (χ3v) is 5.33. The molecule has 120 valence electrons. The molecule has 3 atom stereocenters. The minimum Gasteiger partial charge on any atom is -0.333 e. The van der Waals surface area contributed by atoms with Crippen LogP contribution < -0.4 is 11.1 Å². The van der Waals surface area contributed by atoms with E-state index in [1.807, 2.05) is 29.2 Å². The molecule has 3 N–H and O–H groups in total. The first-order valence-electron chi connectivity index (χ1n) is 8.17. The van der Waals surface area contributed by atoms with E-state index in [2.05, 4.69) is 5.32 Å². The molecule has 1 saturated carbocycles. The maximum absolute atomic E-state index is 12.8. The van der Waals surface area contributed by atoms with Crippen LogP contribution in [0.15, 0.2) is 24.3 Å². The molecule has 1 heterocycles. The first-order valence-corrected chi connectivity index (χ1v) is 8.55. The minimum absolute atomic E-state index is 0.0209. The van der Waals surface area contributed by atoms with E-state index in [9.17, 15) is 4.79 Å². The number of nitrogens with zero attached hydrogens (tertiary/aromatic N) is 1. The van der Waals surface area contributed by atoms with Gasteiger partial charge in [0.15, 0.2) is 0 Å². The first kappa shape index (κ1) is 15.8. The van der Waals surface area contributed by atoms with E-state index in [0.717, 1.165) is 49.5 Å². The van der Waals surface area contributed by atoms with Crippen LogP contribution in [0.1, 0.15) is 37.3 Å². The number of rotatable bonds is 3. The van der Waals surface area contributed by atoms with Crippen LogP contribution in [0.25, 0.3) is 0 Å². The molecule has 0 spiro atoms. The largest absolute Gasteiger partial charge is 0.333 e. The van der Waals surface area contributed by atoms with Crippen molar-refractivity contribution in [1.82, 2.24) is 10.2 Å². The second-order valence-electron chi connectivity index (χ2n) is 6.39. The predicted octanol–water partition coefficient (Wildman–Crippen LogP) is 2.33. The summed E-state index contributed by atoms with van der Waals surface area (Å²) in [6.07, 6.45) is 3.85. The Hall–Kier alpha value is -1.10. The van der Waals surface area contributed by atoms with Crippen LogP contribution in [0.4, 0.5) is 0 Å². The Balaban J connectivity index is 1.75. The van der Waals surface area contributed by atoms with Crippen molar-refractivity contribution in [1.29, 1.82) is 0 Å². The second-order valence-corrected chi connectivity index (χ2v) is 6.79. The smallest absolute Gasteiger partial charge is 0.223 e. The highest BCUT2D eigenvalue weighted by Crippen LogP contribution is 2.32. The van der Waals surface area contributed by atoms with E-state index in [1.54, 1.807) is 0 Å². The van der Waals surface area contributed by atoms with Crippen molar-refractivity contribution in [3.8, 4) is 0 Å². The Morgan fingerprint density at radius 2 is 2.18 bits per heavy atom. The number of hydrogen-bond donors (Lipinski definition) is 2. The van der Waals surface area contributed by atoms with Crippen LogP contribution in [-0.4, -0.2) is 36.5 Å². The second kappa shape index (κ2) is 6.99. The number of carbonyl (C=O) groups is 1. The van der Waals surface area contributed by atoms with Crippen LogP contribution in [0.3, 0.4) is 0 Å². The highest BCUT2D eigenvalue weighted by molar-refractivity contribution is 6.31. The van der Waals surface area contributed by atoms with Gasteiger partial charge in [0.05, 0.1) is 6.04 Å². The summed E-state index contributed by atoms with van der Waals surface area (Å²) >= 11 is 6.34. The summed E-state index contributed by atoms with van der Waals surface area (Å²) in [6.45, 7) is 2.33. The normalized spacial score (nSPS) is 28.8. The minimum atomic E-state index is 0.0209. The Kier molecular flexibility index (Phi) is 5.01. The number of nitrogens with one attached hydrogen (secondary N) is 1. The molecule has 1 aromatic carbocycles. The predicted molar refractivity (Wildman–Crippen MR) is 88.7 cm³/mol. The van der Waals surface area contributed by atoms with Crippen LogP contribution in [0.5, 0.6) is 0 Å². The molecule has 1 saturated heterocycles. The Labute approximate surface area is 137 Å². The van der Waals surface area contributed by atoms with Crippen molar-refractivity contribution in [3.05, 3.63) is 34.9 Å². The number of benzene rings is 1. The summed E-state index contributed by atoms with van der Waals surface area (Å²) in [5.74, 6) is 0.558. The number of halogens is 1. The lowest BCUT2D eigenvalue weighted by Gasteiger charge is -2.37. The van der Waals surface area contributed by atoms with Gasteiger partial charge in [0.25, 0.3) is 0 Å². The molecule has 1 aliphatic heterocycles. The lowest BCUT2D eigenvalue weighted by Crippen LogP contribution is -2.49. The molecule has 4 nitrogen and oxygen atoms in total. The van der Waals surface area contributed by atoms with Gasteiger partial charge in [-0.3, -0.25) is 4.79 Å². The van der Waals surface area contributed by atoms with E-state index < -0.39 is 0 Å². The van der Waals surface area contributed by atoms with Crippen molar-refractivity contribution in [2.75, 3.05) is 19.6 Å². The molecule has 1 aromatic rings. The van der Waals surface area contributed by atoms with E-state index in [4.69, 9.17) is 17.3 Å². The highest BCUT2D eigenvalue weighted by atomic mass is 35.5. The first-order chi connectivity index (χ1) is 10.7. The van der Waals surface area contributed by atoms with Crippen molar-refractivity contribution >= 4 is 17.5 Å². The van der Waals surface area contributed by atoms with Gasteiger partial charge in [0.2, 0.25) is 5.91 Å². The molecule has 5 heteroatoms. The van der Waals surface area contributed by atoms with Crippen LogP contribution in [0, 0.1) is 5.92 Å². The van der Waals surface area contributed by atoms with Gasteiger partial charge in [-0.25, -0.2) is 0 Å². The molecule has 22 heavy (non-hydrogen) atoms. The summed E-state index contributed by atoms with van der Waals surface area (Å²) in [6, 6.07) is 8.01. The molecule has 0 bridgehead atoms. The summed E-state index contributed by atoms with van der Waals surface area (Å²) in [5.41, 5.74) is 7.15. The van der Waals surface area contributed by atoms with Crippen molar-refractivity contribution in [2.45, 2.75) is 37.8 Å². The molecule has 2 aliphatic rings. The van der Waals surface area contributed by atoms with Crippen molar-refractivity contribution in [3.63, 3.8) is 0 Å².